The lowest BCUT2D eigenvalue weighted by Gasteiger charge is -2.15. The van der Waals surface area contributed by atoms with Crippen LogP contribution in [0.1, 0.15) is 0 Å². The maximum atomic E-state index is 12.1. The van der Waals surface area contributed by atoms with Crippen molar-refractivity contribution in [3.63, 3.8) is 0 Å². The fourth-order valence-electron chi connectivity index (χ4n) is 1.98. The molecule has 3 amide bonds. The van der Waals surface area contributed by atoms with Crippen molar-refractivity contribution in [1.82, 2.24) is 10.2 Å². The highest BCUT2D eigenvalue weighted by atomic mass is 35.5. The number of nitrogens with zero attached hydrogens (tertiary/aromatic N) is 1. The number of likely N-dealkylation sites (N-methyl/N-ethyl adjacent to an activating group) is 2. The fourth-order valence-corrected chi connectivity index (χ4v) is 2.15. The first kappa shape index (κ1) is 20.7. The van der Waals surface area contributed by atoms with Crippen LogP contribution in [0.3, 0.4) is 0 Å². The molecule has 0 fully saturated rings. The highest BCUT2D eigenvalue weighted by Gasteiger charge is 2.16. The van der Waals surface area contributed by atoms with Gasteiger partial charge in [0.1, 0.15) is 5.75 Å². The summed E-state index contributed by atoms with van der Waals surface area (Å²) >= 11 is 5.92. The zero-order valence-electron chi connectivity index (χ0n) is 14.8. The quantitative estimate of drug-likeness (QED) is 0.547. The third-order valence-corrected chi connectivity index (χ3v) is 3.53. The van der Waals surface area contributed by atoms with Gasteiger partial charge in [0.15, 0.2) is 13.1 Å². The van der Waals surface area contributed by atoms with Crippen LogP contribution in [0, 0.1) is 0 Å². The van der Waals surface area contributed by atoms with Crippen molar-refractivity contribution in [1.29, 1.82) is 0 Å². The van der Waals surface area contributed by atoms with Crippen LogP contribution in [-0.4, -0.2) is 70.5 Å². The molecule has 1 aromatic rings. The van der Waals surface area contributed by atoms with Gasteiger partial charge in [0.25, 0.3) is 11.8 Å². The van der Waals surface area contributed by atoms with E-state index in [1.807, 2.05) is 0 Å². The van der Waals surface area contributed by atoms with E-state index in [1.54, 1.807) is 39.3 Å². The Morgan fingerprint density at radius 2 is 1.84 bits per heavy atom. The minimum atomic E-state index is -0.305. The van der Waals surface area contributed by atoms with Crippen molar-refractivity contribution in [2.45, 2.75) is 0 Å². The van der Waals surface area contributed by atoms with Gasteiger partial charge >= 0.3 is 0 Å². The van der Waals surface area contributed by atoms with E-state index in [1.165, 1.54) is 12.0 Å². The van der Waals surface area contributed by atoms with E-state index in [4.69, 9.17) is 16.3 Å². The van der Waals surface area contributed by atoms with Crippen LogP contribution in [0.2, 0.25) is 5.02 Å². The van der Waals surface area contributed by atoms with E-state index in [0.29, 0.717) is 21.4 Å². The van der Waals surface area contributed by atoms with E-state index < -0.39 is 0 Å². The lowest BCUT2D eigenvalue weighted by atomic mass is 10.3. The molecule has 0 aliphatic heterocycles. The summed E-state index contributed by atoms with van der Waals surface area (Å²) in [7, 11) is 6.43. The Morgan fingerprint density at radius 3 is 2.44 bits per heavy atom. The maximum absolute atomic E-state index is 12.1. The largest absolute Gasteiger partial charge is 0.495 e. The Hall–Kier alpha value is -2.32. The molecule has 1 atom stereocenters. The molecule has 8 nitrogen and oxygen atoms in total. The molecule has 0 aromatic heterocycles. The minimum absolute atomic E-state index is 0.0645. The average molecular weight is 372 g/mol. The maximum Gasteiger partial charge on any atom is 0.279 e. The molecule has 0 aliphatic carbocycles. The first-order valence-corrected chi connectivity index (χ1v) is 8.02. The van der Waals surface area contributed by atoms with Gasteiger partial charge in [-0.25, -0.2) is 0 Å². The summed E-state index contributed by atoms with van der Waals surface area (Å²) in [5, 5.41) is 5.71. The number of anilines is 1. The van der Waals surface area contributed by atoms with E-state index >= 15 is 0 Å². The molecular formula is C16H24ClN4O4+. The summed E-state index contributed by atoms with van der Waals surface area (Å²) in [4.78, 5) is 37.4. The van der Waals surface area contributed by atoms with E-state index in [-0.39, 0.29) is 37.4 Å². The second kappa shape index (κ2) is 9.85. The van der Waals surface area contributed by atoms with Crippen LogP contribution in [-0.2, 0) is 14.4 Å². The zero-order chi connectivity index (χ0) is 19.0. The van der Waals surface area contributed by atoms with Crippen LogP contribution >= 0.6 is 11.6 Å². The lowest BCUT2D eigenvalue weighted by molar-refractivity contribution is -0.862. The number of nitrogens with one attached hydrogen (secondary N) is 3. The van der Waals surface area contributed by atoms with Crippen molar-refractivity contribution < 1.29 is 24.0 Å². The molecule has 25 heavy (non-hydrogen) atoms. The van der Waals surface area contributed by atoms with E-state index in [9.17, 15) is 14.4 Å². The molecule has 0 saturated heterocycles. The number of amides is 3. The SMILES string of the molecule is COc1ccc(Cl)cc1NC(=O)C[NH+](C)CC(=O)NCC(=O)N(C)C. The third-order valence-electron chi connectivity index (χ3n) is 3.30. The van der Waals surface area contributed by atoms with Gasteiger partial charge in [-0.3, -0.25) is 14.4 Å². The summed E-state index contributed by atoms with van der Waals surface area (Å²) in [5.74, 6) is -0.289. The van der Waals surface area contributed by atoms with Gasteiger partial charge in [0.2, 0.25) is 5.91 Å². The fraction of sp³-hybridized carbons (Fsp3) is 0.438. The Bertz CT molecular complexity index is 637. The minimum Gasteiger partial charge on any atom is -0.495 e. The molecule has 138 valence electrons. The van der Waals surface area contributed by atoms with Gasteiger partial charge in [0.05, 0.1) is 26.4 Å². The van der Waals surface area contributed by atoms with E-state index in [2.05, 4.69) is 10.6 Å². The van der Waals surface area contributed by atoms with Gasteiger partial charge in [-0.2, -0.15) is 0 Å². The van der Waals surface area contributed by atoms with Crippen molar-refractivity contribution in [3.05, 3.63) is 23.2 Å². The number of hydrogen-bond donors (Lipinski definition) is 3. The number of ether oxygens (including phenoxy) is 1. The van der Waals surface area contributed by atoms with Crippen LogP contribution in [0.4, 0.5) is 5.69 Å². The van der Waals surface area contributed by atoms with Crippen molar-refractivity contribution in [2.24, 2.45) is 0 Å². The predicted octanol–water partition coefficient (Wildman–Crippen LogP) is -0.994. The number of methoxy groups -OCH3 is 1. The normalized spacial score (nSPS) is 11.4. The molecule has 0 bridgehead atoms. The Labute approximate surface area is 152 Å². The average Bonchev–Trinajstić information content (AvgIpc) is 2.52. The number of carbonyl (C=O) groups excluding carboxylic acids is 3. The molecule has 9 heteroatoms. The van der Waals surface area contributed by atoms with Crippen LogP contribution in [0.5, 0.6) is 5.75 Å². The van der Waals surface area contributed by atoms with Crippen molar-refractivity contribution >= 4 is 35.0 Å². The molecule has 3 N–H and O–H groups in total. The summed E-state index contributed by atoms with van der Waals surface area (Å²) in [5.41, 5.74) is 0.467. The monoisotopic (exact) mass is 371 g/mol. The Kier molecular flexibility index (Phi) is 8.17. The number of halogens is 1. The van der Waals surface area contributed by atoms with Gasteiger partial charge < -0.3 is 25.2 Å². The van der Waals surface area contributed by atoms with Crippen LogP contribution < -0.4 is 20.3 Å². The number of benzene rings is 1. The standard InChI is InChI=1S/C16H23ClN4O4/c1-20(2)16(24)8-18-14(22)9-21(3)10-15(23)19-12-7-11(17)5-6-13(12)25-4/h5-7H,8-10H2,1-4H3,(H,18,22)(H,19,23)/p+1. The summed E-state index contributed by atoms with van der Waals surface area (Å²) < 4.78 is 5.16. The highest BCUT2D eigenvalue weighted by molar-refractivity contribution is 6.31. The summed E-state index contributed by atoms with van der Waals surface area (Å²) in [6, 6.07) is 4.91. The highest BCUT2D eigenvalue weighted by Crippen LogP contribution is 2.27. The number of rotatable bonds is 8. The predicted molar refractivity (Wildman–Crippen MR) is 95.0 cm³/mol. The lowest BCUT2D eigenvalue weighted by Crippen LogP contribution is -3.11. The van der Waals surface area contributed by atoms with E-state index in [0.717, 1.165) is 0 Å². The molecule has 0 aliphatic rings. The number of hydrogen-bond acceptors (Lipinski definition) is 4. The molecule has 1 rings (SSSR count). The Morgan fingerprint density at radius 1 is 1.20 bits per heavy atom. The second-order valence-electron chi connectivity index (χ2n) is 5.77. The topological polar surface area (TPSA) is 92.2 Å². The first-order chi connectivity index (χ1) is 11.7. The zero-order valence-corrected chi connectivity index (χ0v) is 15.6. The molecule has 0 saturated carbocycles. The van der Waals surface area contributed by atoms with Gasteiger partial charge in [-0.15, -0.1) is 0 Å². The van der Waals surface area contributed by atoms with Gasteiger partial charge in [0, 0.05) is 19.1 Å². The number of quaternary nitrogens is 1. The van der Waals surface area contributed by atoms with Crippen molar-refractivity contribution in [3.8, 4) is 5.75 Å². The molecule has 0 spiro atoms. The summed E-state index contributed by atoms with van der Waals surface area (Å²) in [6.07, 6.45) is 0. The number of carbonyl (C=O) groups is 3. The molecule has 0 radical (unpaired) electrons. The second-order valence-corrected chi connectivity index (χ2v) is 6.20. The van der Waals surface area contributed by atoms with Gasteiger partial charge in [-0.05, 0) is 18.2 Å². The van der Waals surface area contributed by atoms with Crippen LogP contribution in [0.25, 0.3) is 0 Å². The first-order valence-electron chi connectivity index (χ1n) is 7.64. The molecular weight excluding hydrogens is 348 g/mol. The summed E-state index contributed by atoms with van der Waals surface area (Å²) in [6.45, 7) is 0.0799. The molecule has 0 heterocycles. The molecule has 1 unspecified atom stereocenters. The van der Waals surface area contributed by atoms with Crippen LogP contribution in [0.15, 0.2) is 18.2 Å². The smallest absolute Gasteiger partial charge is 0.279 e. The molecule has 1 aromatic carbocycles. The van der Waals surface area contributed by atoms with Gasteiger partial charge in [-0.1, -0.05) is 11.6 Å². The van der Waals surface area contributed by atoms with Crippen molar-refractivity contribution in [2.75, 3.05) is 53.2 Å². The Balaban J connectivity index is 2.47. The third kappa shape index (κ3) is 7.40.